The van der Waals surface area contributed by atoms with Gasteiger partial charge in [0.05, 0.1) is 0 Å². The Bertz CT molecular complexity index is 587. The summed E-state index contributed by atoms with van der Waals surface area (Å²) in [7, 11) is 0. The molecule has 5 nitrogen and oxygen atoms in total. The molecule has 0 saturated carbocycles. The van der Waals surface area contributed by atoms with Crippen molar-refractivity contribution in [3.8, 4) is 0 Å². The second-order valence-electron chi connectivity index (χ2n) is 3.38. The molecule has 1 amide bonds. The van der Waals surface area contributed by atoms with Crippen LogP contribution < -0.4 is 5.73 Å². The summed E-state index contributed by atoms with van der Waals surface area (Å²) in [5.41, 5.74) is 5.28. The van der Waals surface area contributed by atoms with Gasteiger partial charge in [-0.25, -0.2) is 13.5 Å². The molecule has 18 heavy (non-hydrogen) atoms. The van der Waals surface area contributed by atoms with Crippen molar-refractivity contribution >= 4 is 11.9 Å². The zero-order chi connectivity index (χ0) is 13.1. The van der Waals surface area contributed by atoms with Crippen molar-refractivity contribution < 1.29 is 13.6 Å². The van der Waals surface area contributed by atoms with E-state index in [1.807, 2.05) is 0 Å². The third kappa shape index (κ3) is 2.57. The lowest BCUT2D eigenvalue weighted by Crippen LogP contribution is -2.24. The molecule has 7 heteroatoms. The quantitative estimate of drug-likeness (QED) is 0.609. The molecule has 0 aliphatic rings. The van der Waals surface area contributed by atoms with Crippen molar-refractivity contribution in [3.05, 3.63) is 53.9 Å². The van der Waals surface area contributed by atoms with Crippen LogP contribution in [0, 0.1) is 11.6 Å². The van der Waals surface area contributed by atoms with Crippen molar-refractivity contribution in [2.24, 2.45) is 10.7 Å². The number of carbonyl (C=O) groups is 1. The first-order valence-electron chi connectivity index (χ1n) is 4.91. The molecule has 0 unspecified atom stereocenters. The molecule has 1 aromatic heterocycles. The van der Waals surface area contributed by atoms with Gasteiger partial charge in [0.2, 0.25) is 5.96 Å². The van der Waals surface area contributed by atoms with Crippen LogP contribution >= 0.6 is 0 Å². The summed E-state index contributed by atoms with van der Waals surface area (Å²) in [4.78, 5) is 15.1. The summed E-state index contributed by atoms with van der Waals surface area (Å²) < 4.78 is 27.0. The highest BCUT2D eigenvalue weighted by atomic mass is 19.1. The summed E-state index contributed by atoms with van der Waals surface area (Å²) in [6, 6.07) is 4.02. The van der Waals surface area contributed by atoms with Gasteiger partial charge in [0.1, 0.15) is 11.6 Å². The van der Waals surface area contributed by atoms with Crippen LogP contribution in [0.15, 0.2) is 41.7 Å². The van der Waals surface area contributed by atoms with Crippen LogP contribution in [-0.4, -0.2) is 21.6 Å². The summed E-state index contributed by atoms with van der Waals surface area (Å²) in [5.74, 6) is -2.74. The number of halogens is 2. The number of aliphatic imine (C=N–C) groups is 1. The fourth-order valence-corrected chi connectivity index (χ4v) is 1.30. The third-order valence-corrected chi connectivity index (χ3v) is 2.06. The second-order valence-corrected chi connectivity index (χ2v) is 3.38. The summed E-state index contributed by atoms with van der Waals surface area (Å²) in [6.07, 6.45) is 2.94. The number of nitrogens with zero attached hydrogens (tertiary/aromatic N) is 3. The van der Waals surface area contributed by atoms with Crippen molar-refractivity contribution in [3.63, 3.8) is 0 Å². The zero-order valence-electron chi connectivity index (χ0n) is 9.05. The number of carbonyl (C=O) groups excluding carboxylic acids is 1. The average molecular weight is 250 g/mol. The fourth-order valence-electron chi connectivity index (χ4n) is 1.30. The van der Waals surface area contributed by atoms with Crippen LogP contribution in [0.3, 0.4) is 0 Å². The van der Waals surface area contributed by atoms with Crippen LogP contribution in [0.2, 0.25) is 0 Å². The second kappa shape index (κ2) is 4.74. The maximum absolute atomic E-state index is 12.9. The summed E-state index contributed by atoms with van der Waals surface area (Å²) in [6.45, 7) is 0. The van der Waals surface area contributed by atoms with Gasteiger partial charge >= 0.3 is 0 Å². The first kappa shape index (κ1) is 11.9. The van der Waals surface area contributed by atoms with Gasteiger partial charge in [0.25, 0.3) is 5.91 Å². The van der Waals surface area contributed by atoms with Gasteiger partial charge in [0, 0.05) is 24.0 Å². The van der Waals surface area contributed by atoms with Crippen LogP contribution in [0.5, 0.6) is 0 Å². The topological polar surface area (TPSA) is 73.3 Å². The molecule has 0 saturated heterocycles. The Morgan fingerprint density at radius 1 is 1.28 bits per heavy atom. The molecule has 0 fully saturated rings. The zero-order valence-corrected chi connectivity index (χ0v) is 9.05. The summed E-state index contributed by atoms with van der Waals surface area (Å²) >= 11 is 0. The van der Waals surface area contributed by atoms with Crippen molar-refractivity contribution in [1.82, 2.24) is 9.78 Å². The molecule has 0 aliphatic carbocycles. The minimum absolute atomic E-state index is 0.185. The first-order chi connectivity index (χ1) is 8.56. The van der Waals surface area contributed by atoms with Crippen LogP contribution in [0.1, 0.15) is 10.4 Å². The Kier molecular flexibility index (Phi) is 3.13. The lowest BCUT2D eigenvalue weighted by molar-refractivity contribution is 0.100. The molecular formula is C11H8F2N4O. The van der Waals surface area contributed by atoms with Crippen molar-refractivity contribution in [1.29, 1.82) is 0 Å². The van der Waals surface area contributed by atoms with E-state index >= 15 is 0 Å². The highest BCUT2D eigenvalue weighted by molar-refractivity contribution is 6.02. The van der Waals surface area contributed by atoms with E-state index < -0.39 is 17.5 Å². The standard InChI is InChI=1S/C11H8F2N4O/c12-8-4-7(5-9(13)6-8)10(18)16-11(14)17-3-1-2-15-17/h1-6H,(H2,14,16,18). The van der Waals surface area contributed by atoms with Gasteiger partial charge in [-0.1, -0.05) is 0 Å². The van der Waals surface area contributed by atoms with Gasteiger partial charge in [0.15, 0.2) is 0 Å². The van der Waals surface area contributed by atoms with E-state index in [0.29, 0.717) is 6.07 Å². The van der Waals surface area contributed by atoms with Crippen molar-refractivity contribution in [2.45, 2.75) is 0 Å². The van der Waals surface area contributed by atoms with Gasteiger partial charge in [-0.05, 0) is 18.2 Å². The van der Waals surface area contributed by atoms with Crippen LogP contribution in [-0.2, 0) is 0 Å². The lowest BCUT2D eigenvalue weighted by Gasteiger charge is -2.00. The maximum atomic E-state index is 12.9. The molecular weight excluding hydrogens is 242 g/mol. The van der Waals surface area contributed by atoms with E-state index in [-0.39, 0.29) is 11.5 Å². The molecule has 2 N–H and O–H groups in total. The van der Waals surface area contributed by atoms with Gasteiger partial charge in [-0.15, -0.1) is 0 Å². The maximum Gasteiger partial charge on any atom is 0.280 e. The number of hydrogen-bond donors (Lipinski definition) is 1. The van der Waals surface area contributed by atoms with E-state index in [2.05, 4.69) is 10.1 Å². The largest absolute Gasteiger partial charge is 0.368 e. The minimum Gasteiger partial charge on any atom is -0.368 e. The number of benzene rings is 1. The molecule has 0 spiro atoms. The first-order valence-corrected chi connectivity index (χ1v) is 4.91. The van der Waals surface area contributed by atoms with E-state index in [1.54, 1.807) is 6.07 Å². The average Bonchev–Trinajstić information content (AvgIpc) is 2.80. The Morgan fingerprint density at radius 2 is 1.94 bits per heavy atom. The number of amides is 1. The Labute approximate surface area is 101 Å². The Hall–Kier alpha value is -2.57. The number of rotatable bonds is 1. The predicted octanol–water partition coefficient (Wildman–Crippen LogP) is 1.16. The molecule has 2 aromatic rings. The van der Waals surface area contributed by atoms with E-state index in [9.17, 15) is 13.6 Å². The molecule has 92 valence electrons. The molecule has 0 bridgehead atoms. The fraction of sp³-hybridized carbons (Fsp3) is 0. The predicted molar refractivity (Wildman–Crippen MR) is 59.9 cm³/mol. The highest BCUT2D eigenvalue weighted by Crippen LogP contribution is 2.09. The number of aromatic nitrogens is 2. The lowest BCUT2D eigenvalue weighted by atomic mass is 10.2. The van der Waals surface area contributed by atoms with Gasteiger partial charge in [-0.2, -0.15) is 10.1 Å². The van der Waals surface area contributed by atoms with Gasteiger partial charge in [-0.3, -0.25) is 4.79 Å². The SMILES string of the molecule is NC(=NC(=O)c1cc(F)cc(F)c1)n1cccn1. The molecule has 2 rings (SSSR count). The Morgan fingerprint density at radius 3 is 2.50 bits per heavy atom. The van der Waals surface area contributed by atoms with E-state index in [0.717, 1.165) is 16.8 Å². The number of hydrogen-bond acceptors (Lipinski definition) is 2. The third-order valence-electron chi connectivity index (χ3n) is 2.06. The van der Waals surface area contributed by atoms with E-state index in [4.69, 9.17) is 5.73 Å². The molecule has 1 aromatic carbocycles. The minimum atomic E-state index is -0.855. The van der Waals surface area contributed by atoms with Gasteiger partial charge < -0.3 is 5.73 Å². The highest BCUT2D eigenvalue weighted by Gasteiger charge is 2.09. The van der Waals surface area contributed by atoms with Crippen molar-refractivity contribution in [2.75, 3.05) is 0 Å². The molecule has 0 aliphatic heterocycles. The van der Waals surface area contributed by atoms with Crippen LogP contribution in [0.25, 0.3) is 0 Å². The molecule has 0 atom stereocenters. The molecule has 0 radical (unpaired) electrons. The smallest absolute Gasteiger partial charge is 0.280 e. The van der Waals surface area contributed by atoms with Crippen LogP contribution in [0.4, 0.5) is 8.78 Å². The Balaban J connectivity index is 2.29. The monoisotopic (exact) mass is 250 g/mol. The molecule has 1 heterocycles. The normalized spacial score (nSPS) is 11.6. The number of nitrogens with two attached hydrogens (primary N) is 1. The summed E-state index contributed by atoms with van der Waals surface area (Å²) in [5, 5.41) is 3.76. The van der Waals surface area contributed by atoms with E-state index in [1.165, 1.54) is 12.4 Å².